The third-order valence-corrected chi connectivity index (χ3v) is 4.28. The number of nitrogens with zero attached hydrogens (tertiary/aromatic N) is 4. The van der Waals surface area contributed by atoms with E-state index in [1.165, 1.54) is 5.69 Å². The van der Waals surface area contributed by atoms with Crippen molar-refractivity contribution in [3.8, 4) is 0 Å². The highest BCUT2D eigenvalue weighted by Crippen LogP contribution is 2.17. The molecule has 134 valence electrons. The number of carbonyl (C=O) groups excluding carboxylic acids is 1. The zero-order valence-corrected chi connectivity index (χ0v) is 14.9. The van der Waals surface area contributed by atoms with Gasteiger partial charge in [0.25, 0.3) is 5.91 Å². The lowest BCUT2D eigenvalue weighted by atomic mass is 10.2. The molecular formula is C18H26N6O. The van der Waals surface area contributed by atoms with Crippen LogP contribution in [0.1, 0.15) is 42.0 Å². The highest BCUT2D eigenvalue weighted by atomic mass is 16.1. The summed E-state index contributed by atoms with van der Waals surface area (Å²) in [4.78, 5) is 18.2. The summed E-state index contributed by atoms with van der Waals surface area (Å²) in [5.74, 6) is 0.673. The average Bonchev–Trinajstić information content (AvgIpc) is 2.85. The van der Waals surface area contributed by atoms with Gasteiger partial charge in [-0.3, -0.25) is 14.4 Å². The third-order valence-electron chi connectivity index (χ3n) is 4.28. The SMILES string of the molecule is CC(C)CN1CCCn2nc(CNc3ncccc3C(N)=O)cc2C1. The molecule has 0 radical (unpaired) electrons. The Hall–Kier alpha value is -2.41. The molecule has 0 aliphatic carbocycles. The maximum Gasteiger partial charge on any atom is 0.252 e. The van der Waals surface area contributed by atoms with Crippen molar-refractivity contribution >= 4 is 11.7 Å². The monoisotopic (exact) mass is 342 g/mol. The highest BCUT2D eigenvalue weighted by molar-refractivity contribution is 5.97. The summed E-state index contributed by atoms with van der Waals surface area (Å²) in [7, 11) is 0. The first-order chi connectivity index (χ1) is 12.0. The Morgan fingerprint density at radius 3 is 3.00 bits per heavy atom. The number of hydrogen-bond acceptors (Lipinski definition) is 5. The van der Waals surface area contributed by atoms with Crippen molar-refractivity contribution in [1.82, 2.24) is 19.7 Å². The average molecular weight is 342 g/mol. The first-order valence-electron chi connectivity index (χ1n) is 8.79. The number of nitrogens with two attached hydrogens (primary N) is 1. The molecule has 2 aromatic heterocycles. The van der Waals surface area contributed by atoms with E-state index < -0.39 is 5.91 Å². The minimum absolute atomic E-state index is 0.395. The van der Waals surface area contributed by atoms with Gasteiger partial charge in [0.15, 0.2) is 0 Å². The van der Waals surface area contributed by atoms with Crippen molar-refractivity contribution in [2.24, 2.45) is 11.7 Å². The second-order valence-electron chi connectivity index (χ2n) is 6.95. The van der Waals surface area contributed by atoms with Gasteiger partial charge in [-0.25, -0.2) is 4.98 Å². The van der Waals surface area contributed by atoms with E-state index >= 15 is 0 Å². The molecule has 1 aliphatic heterocycles. The topological polar surface area (TPSA) is 89.1 Å². The van der Waals surface area contributed by atoms with Gasteiger partial charge in [0.1, 0.15) is 5.82 Å². The lowest BCUT2D eigenvalue weighted by molar-refractivity contribution is 0.100. The molecule has 0 saturated heterocycles. The van der Waals surface area contributed by atoms with Gasteiger partial charge < -0.3 is 11.1 Å². The summed E-state index contributed by atoms with van der Waals surface area (Å²) in [5.41, 5.74) is 7.97. The van der Waals surface area contributed by atoms with E-state index in [-0.39, 0.29) is 0 Å². The van der Waals surface area contributed by atoms with Crippen LogP contribution in [0.2, 0.25) is 0 Å². The third kappa shape index (κ3) is 4.36. The minimum Gasteiger partial charge on any atom is -0.365 e. The molecule has 0 saturated carbocycles. The van der Waals surface area contributed by atoms with Gasteiger partial charge >= 0.3 is 0 Å². The standard InChI is InChI=1S/C18H26N6O/c1-13(2)11-23-7-4-8-24-15(12-23)9-14(22-24)10-21-18-16(17(19)25)5-3-6-20-18/h3,5-6,9,13H,4,7-8,10-12H2,1-2H3,(H2,19,25)(H,20,21). The fourth-order valence-electron chi connectivity index (χ4n) is 3.27. The number of pyridine rings is 1. The maximum atomic E-state index is 11.5. The van der Waals surface area contributed by atoms with Crippen LogP contribution in [0, 0.1) is 5.92 Å². The van der Waals surface area contributed by atoms with Gasteiger partial charge in [0.2, 0.25) is 0 Å². The van der Waals surface area contributed by atoms with E-state index in [1.807, 2.05) is 0 Å². The molecule has 0 spiro atoms. The zero-order valence-electron chi connectivity index (χ0n) is 14.9. The van der Waals surface area contributed by atoms with E-state index in [1.54, 1.807) is 18.3 Å². The van der Waals surface area contributed by atoms with Gasteiger partial charge in [-0.05, 0) is 30.5 Å². The normalized spacial score (nSPS) is 15.0. The number of amides is 1. The van der Waals surface area contributed by atoms with Crippen LogP contribution >= 0.6 is 0 Å². The fourth-order valence-corrected chi connectivity index (χ4v) is 3.27. The minimum atomic E-state index is -0.486. The molecule has 0 bridgehead atoms. The summed E-state index contributed by atoms with van der Waals surface area (Å²) in [6.07, 6.45) is 2.75. The molecule has 0 aromatic carbocycles. The summed E-state index contributed by atoms with van der Waals surface area (Å²) >= 11 is 0. The van der Waals surface area contributed by atoms with Gasteiger partial charge in [-0.1, -0.05) is 13.8 Å². The van der Waals surface area contributed by atoms with Crippen LogP contribution in [0.3, 0.4) is 0 Å². The Labute approximate surface area is 148 Å². The molecule has 0 fully saturated rings. The number of aromatic nitrogens is 3. The number of anilines is 1. The number of hydrogen-bond donors (Lipinski definition) is 2. The smallest absolute Gasteiger partial charge is 0.252 e. The molecule has 1 amide bonds. The van der Waals surface area contributed by atoms with Crippen LogP contribution in [0.4, 0.5) is 5.82 Å². The first kappa shape index (κ1) is 17.4. The highest BCUT2D eigenvalue weighted by Gasteiger charge is 2.17. The number of aryl methyl sites for hydroxylation is 1. The molecule has 7 heteroatoms. The van der Waals surface area contributed by atoms with E-state index in [2.05, 4.69) is 39.8 Å². The second-order valence-corrected chi connectivity index (χ2v) is 6.95. The number of fused-ring (bicyclic) bond motifs is 1. The van der Waals surface area contributed by atoms with E-state index in [0.29, 0.717) is 23.8 Å². The Morgan fingerprint density at radius 1 is 1.40 bits per heavy atom. The molecule has 7 nitrogen and oxygen atoms in total. The Bertz CT molecular complexity index is 739. The van der Waals surface area contributed by atoms with Crippen molar-refractivity contribution in [3.05, 3.63) is 41.3 Å². The molecule has 3 N–H and O–H groups in total. The van der Waals surface area contributed by atoms with Crippen molar-refractivity contribution in [1.29, 1.82) is 0 Å². The Morgan fingerprint density at radius 2 is 2.24 bits per heavy atom. The molecule has 25 heavy (non-hydrogen) atoms. The predicted molar refractivity (Wildman–Crippen MR) is 97.0 cm³/mol. The number of primary amides is 1. The summed E-state index contributed by atoms with van der Waals surface area (Å²) in [6, 6.07) is 5.51. The van der Waals surface area contributed by atoms with Crippen LogP contribution in [-0.2, 0) is 19.6 Å². The molecule has 0 unspecified atom stereocenters. The molecule has 3 heterocycles. The van der Waals surface area contributed by atoms with Crippen LogP contribution < -0.4 is 11.1 Å². The predicted octanol–water partition coefficient (Wildman–Crippen LogP) is 1.85. The number of rotatable bonds is 6. The van der Waals surface area contributed by atoms with Crippen LogP contribution in [0.25, 0.3) is 0 Å². The van der Waals surface area contributed by atoms with Crippen molar-refractivity contribution < 1.29 is 4.79 Å². The van der Waals surface area contributed by atoms with Crippen molar-refractivity contribution in [2.75, 3.05) is 18.4 Å². The molecule has 3 rings (SSSR count). The first-order valence-corrected chi connectivity index (χ1v) is 8.79. The number of carbonyl (C=O) groups is 1. The van der Waals surface area contributed by atoms with Crippen LogP contribution in [0.5, 0.6) is 0 Å². The molecular weight excluding hydrogens is 316 g/mol. The largest absolute Gasteiger partial charge is 0.365 e. The summed E-state index contributed by atoms with van der Waals surface area (Å²) in [5, 5.41) is 7.88. The quantitative estimate of drug-likeness (QED) is 0.836. The van der Waals surface area contributed by atoms with Gasteiger partial charge in [0, 0.05) is 32.4 Å². The van der Waals surface area contributed by atoms with Crippen LogP contribution in [-0.4, -0.2) is 38.7 Å². The lowest BCUT2D eigenvalue weighted by Crippen LogP contribution is -2.27. The van der Waals surface area contributed by atoms with Crippen LogP contribution in [0.15, 0.2) is 24.4 Å². The molecule has 1 aliphatic rings. The Kier molecular flexibility index (Phi) is 5.33. The summed E-state index contributed by atoms with van der Waals surface area (Å²) in [6.45, 7) is 9.12. The van der Waals surface area contributed by atoms with Gasteiger partial charge in [0.05, 0.1) is 23.5 Å². The van der Waals surface area contributed by atoms with Gasteiger partial charge in [-0.2, -0.15) is 5.10 Å². The van der Waals surface area contributed by atoms with Crippen molar-refractivity contribution in [2.45, 2.75) is 39.9 Å². The lowest BCUT2D eigenvalue weighted by Gasteiger charge is -2.21. The maximum absolute atomic E-state index is 11.5. The second kappa shape index (κ2) is 7.65. The van der Waals surface area contributed by atoms with E-state index in [0.717, 1.165) is 38.3 Å². The fraction of sp³-hybridized carbons (Fsp3) is 0.500. The summed E-state index contributed by atoms with van der Waals surface area (Å²) < 4.78 is 2.10. The molecule has 2 aromatic rings. The van der Waals surface area contributed by atoms with Gasteiger partial charge in [-0.15, -0.1) is 0 Å². The van der Waals surface area contributed by atoms with E-state index in [4.69, 9.17) is 10.8 Å². The molecule has 0 atom stereocenters. The van der Waals surface area contributed by atoms with E-state index in [9.17, 15) is 4.79 Å². The van der Waals surface area contributed by atoms with Crippen molar-refractivity contribution in [3.63, 3.8) is 0 Å². The Balaban J connectivity index is 1.69. The number of nitrogens with one attached hydrogen (secondary N) is 1. The zero-order chi connectivity index (χ0) is 17.8.